The fraction of sp³-hybridized carbons (Fsp3) is 0.333. The summed E-state index contributed by atoms with van der Waals surface area (Å²) in [6.07, 6.45) is 3.81. The Balaban J connectivity index is 2.17. The lowest BCUT2D eigenvalue weighted by Crippen LogP contribution is -2.39. The molecule has 0 radical (unpaired) electrons. The molecule has 1 saturated heterocycles. The molecule has 1 heterocycles. The first kappa shape index (κ1) is 13.0. The van der Waals surface area contributed by atoms with Gasteiger partial charge in [-0.3, -0.25) is 9.59 Å². The zero-order chi connectivity index (χ0) is 14.2. The number of benzene rings is 1. The van der Waals surface area contributed by atoms with E-state index in [2.05, 4.69) is 0 Å². The molecule has 5 nitrogen and oxygen atoms in total. The quantitative estimate of drug-likeness (QED) is 0.578. The molecule has 5 heteroatoms. The monoisotopic (exact) mass is 274 g/mol. The third-order valence-corrected chi connectivity index (χ3v) is 3.27. The molecule has 1 aromatic carbocycles. The van der Waals surface area contributed by atoms with Crippen molar-refractivity contribution in [2.75, 3.05) is 13.2 Å². The maximum atomic E-state index is 12.0. The van der Waals surface area contributed by atoms with E-state index in [-0.39, 0.29) is 5.78 Å². The second kappa shape index (κ2) is 4.85. The molecule has 1 spiro atoms. The summed E-state index contributed by atoms with van der Waals surface area (Å²) < 4.78 is 16.7. The molecule has 0 atom stereocenters. The predicted octanol–water partition coefficient (Wildman–Crippen LogP) is 1.95. The molecule has 0 bridgehead atoms. The first-order chi connectivity index (χ1) is 9.62. The molecule has 0 aromatic heterocycles. The number of hydrogen-bond donors (Lipinski definition) is 0. The Bertz CT molecular complexity index is 596. The van der Waals surface area contributed by atoms with E-state index in [0.29, 0.717) is 30.1 Å². The Labute approximate surface area is 116 Å². The van der Waals surface area contributed by atoms with Crippen molar-refractivity contribution in [2.45, 2.75) is 19.1 Å². The number of esters is 1. The van der Waals surface area contributed by atoms with Crippen molar-refractivity contribution in [3.8, 4) is 5.75 Å². The van der Waals surface area contributed by atoms with Gasteiger partial charge in [0.05, 0.1) is 18.8 Å². The van der Waals surface area contributed by atoms with Gasteiger partial charge in [0.1, 0.15) is 5.75 Å². The summed E-state index contributed by atoms with van der Waals surface area (Å²) in [4.78, 5) is 23.3. The van der Waals surface area contributed by atoms with Crippen molar-refractivity contribution >= 4 is 11.8 Å². The van der Waals surface area contributed by atoms with E-state index in [4.69, 9.17) is 14.2 Å². The van der Waals surface area contributed by atoms with Crippen molar-refractivity contribution in [1.82, 2.24) is 0 Å². The molecule has 2 aliphatic rings. The topological polar surface area (TPSA) is 61.8 Å². The number of ether oxygens (including phenoxy) is 3. The van der Waals surface area contributed by atoms with Crippen molar-refractivity contribution < 1.29 is 23.8 Å². The SMILES string of the molecule is CC(=O)Oc1cccc2c1C1(C=CC2=O)OCCCO1. The Kier molecular flexibility index (Phi) is 3.16. The standard InChI is InChI=1S/C15H14O5/c1-10(16)20-13-5-2-4-11-12(17)6-7-15(14(11)13)18-8-3-9-19-15/h2,4-7H,3,8-9H2,1H3. The summed E-state index contributed by atoms with van der Waals surface area (Å²) in [5, 5.41) is 0. The lowest BCUT2D eigenvalue weighted by molar-refractivity contribution is -0.245. The molecule has 0 saturated carbocycles. The highest BCUT2D eigenvalue weighted by Gasteiger charge is 2.42. The van der Waals surface area contributed by atoms with Gasteiger partial charge in [-0.2, -0.15) is 0 Å². The van der Waals surface area contributed by atoms with Crippen LogP contribution in [0, 0.1) is 0 Å². The Morgan fingerprint density at radius 1 is 1.30 bits per heavy atom. The van der Waals surface area contributed by atoms with Crippen LogP contribution in [0.1, 0.15) is 29.3 Å². The number of carbonyl (C=O) groups excluding carboxylic acids is 2. The minimum Gasteiger partial charge on any atom is -0.426 e. The average molecular weight is 274 g/mol. The summed E-state index contributed by atoms with van der Waals surface area (Å²) in [5.41, 5.74) is 0.913. The predicted molar refractivity (Wildman–Crippen MR) is 69.4 cm³/mol. The van der Waals surface area contributed by atoms with E-state index in [9.17, 15) is 9.59 Å². The number of hydrogen-bond acceptors (Lipinski definition) is 5. The van der Waals surface area contributed by atoms with E-state index in [1.54, 1.807) is 24.3 Å². The Morgan fingerprint density at radius 2 is 2.05 bits per heavy atom. The van der Waals surface area contributed by atoms with E-state index < -0.39 is 11.8 Å². The van der Waals surface area contributed by atoms with Gasteiger partial charge in [-0.05, 0) is 24.6 Å². The summed E-state index contributed by atoms with van der Waals surface area (Å²) in [6, 6.07) is 4.98. The molecule has 1 aliphatic heterocycles. The van der Waals surface area contributed by atoms with Crippen LogP contribution in [0.4, 0.5) is 0 Å². The molecule has 1 aromatic rings. The summed E-state index contributed by atoms with van der Waals surface area (Å²) in [6.45, 7) is 2.36. The van der Waals surface area contributed by atoms with Gasteiger partial charge in [0.2, 0.25) is 5.79 Å². The summed E-state index contributed by atoms with van der Waals surface area (Å²) >= 11 is 0. The largest absolute Gasteiger partial charge is 0.426 e. The maximum absolute atomic E-state index is 12.0. The van der Waals surface area contributed by atoms with Crippen LogP contribution in [0.25, 0.3) is 0 Å². The second-order valence-corrected chi connectivity index (χ2v) is 4.69. The Hall–Kier alpha value is -1.98. The normalized spacial score (nSPS) is 19.8. The van der Waals surface area contributed by atoms with Gasteiger partial charge in [-0.1, -0.05) is 12.1 Å². The molecular formula is C15H14O5. The number of ketones is 1. The van der Waals surface area contributed by atoms with E-state index in [1.165, 1.54) is 13.0 Å². The lowest BCUT2D eigenvalue weighted by atomic mass is 9.89. The second-order valence-electron chi connectivity index (χ2n) is 4.69. The van der Waals surface area contributed by atoms with Gasteiger partial charge in [0, 0.05) is 12.5 Å². The third-order valence-electron chi connectivity index (χ3n) is 3.27. The Morgan fingerprint density at radius 3 is 2.75 bits per heavy atom. The fourth-order valence-corrected chi connectivity index (χ4v) is 2.48. The highest BCUT2D eigenvalue weighted by Crippen LogP contribution is 2.42. The minimum absolute atomic E-state index is 0.155. The van der Waals surface area contributed by atoms with Crippen LogP contribution >= 0.6 is 0 Å². The maximum Gasteiger partial charge on any atom is 0.308 e. The van der Waals surface area contributed by atoms with Crippen LogP contribution < -0.4 is 4.74 Å². The van der Waals surface area contributed by atoms with Crippen LogP contribution in [-0.2, 0) is 20.1 Å². The van der Waals surface area contributed by atoms with Gasteiger partial charge in [0.15, 0.2) is 5.78 Å². The van der Waals surface area contributed by atoms with Crippen LogP contribution in [0.15, 0.2) is 30.4 Å². The van der Waals surface area contributed by atoms with Gasteiger partial charge < -0.3 is 14.2 Å². The van der Waals surface area contributed by atoms with Crippen LogP contribution in [0.5, 0.6) is 5.75 Å². The van der Waals surface area contributed by atoms with Crippen LogP contribution in [-0.4, -0.2) is 25.0 Å². The summed E-state index contributed by atoms with van der Waals surface area (Å²) in [7, 11) is 0. The van der Waals surface area contributed by atoms with Crippen molar-refractivity contribution in [3.05, 3.63) is 41.5 Å². The first-order valence-electron chi connectivity index (χ1n) is 6.46. The fourth-order valence-electron chi connectivity index (χ4n) is 2.48. The van der Waals surface area contributed by atoms with Crippen LogP contribution in [0.3, 0.4) is 0 Å². The smallest absolute Gasteiger partial charge is 0.308 e. The van der Waals surface area contributed by atoms with Gasteiger partial charge in [0.25, 0.3) is 0 Å². The van der Waals surface area contributed by atoms with E-state index >= 15 is 0 Å². The molecule has 0 amide bonds. The van der Waals surface area contributed by atoms with E-state index in [0.717, 1.165) is 6.42 Å². The molecule has 1 aliphatic carbocycles. The number of fused-ring (bicyclic) bond motifs is 2. The number of rotatable bonds is 1. The molecule has 3 rings (SSSR count). The molecular weight excluding hydrogens is 260 g/mol. The van der Waals surface area contributed by atoms with Crippen molar-refractivity contribution in [1.29, 1.82) is 0 Å². The van der Waals surface area contributed by atoms with Crippen molar-refractivity contribution in [2.24, 2.45) is 0 Å². The van der Waals surface area contributed by atoms with E-state index in [1.807, 2.05) is 0 Å². The molecule has 0 unspecified atom stereocenters. The minimum atomic E-state index is -1.13. The first-order valence-corrected chi connectivity index (χ1v) is 6.46. The lowest BCUT2D eigenvalue weighted by Gasteiger charge is -2.38. The van der Waals surface area contributed by atoms with Gasteiger partial charge in [-0.25, -0.2) is 0 Å². The zero-order valence-corrected chi connectivity index (χ0v) is 11.0. The number of allylic oxidation sites excluding steroid dienone is 1. The van der Waals surface area contributed by atoms with Gasteiger partial charge in [-0.15, -0.1) is 0 Å². The molecule has 0 N–H and O–H groups in total. The van der Waals surface area contributed by atoms with Gasteiger partial charge >= 0.3 is 5.97 Å². The summed E-state index contributed by atoms with van der Waals surface area (Å²) in [5.74, 6) is -1.44. The molecule has 1 fully saturated rings. The average Bonchev–Trinajstić information content (AvgIpc) is 2.44. The number of carbonyl (C=O) groups is 2. The molecule has 104 valence electrons. The zero-order valence-electron chi connectivity index (χ0n) is 11.0. The molecule has 20 heavy (non-hydrogen) atoms. The highest BCUT2D eigenvalue weighted by atomic mass is 16.7. The van der Waals surface area contributed by atoms with Crippen molar-refractivity contribution in [3.63, 3.8) is 0 Å². The highest BCUT2D eigenvalue weighted by molar-refractivity contribution is 6.07. The third kappa shape index (κ3) is 2.05. The van der Waals surface area contributed by atoms with Crippen LogP contribution in [0.2, 0.25) is 0 Å².